The van der Waals surface area contributed by atoms with Crippen LogP contribution in [0.4, 0.5) is 0 Å². The number of hydroxylamine groups is 1. The molecule has 0 amide bonds. The standard InChI is InChI=1S/C8H18NO2/c1-4-7-10-8(5-2)11-9-6-3/h8H,4-7H2,1-3H3. The van der Waals surface area contributed by atoms with E-state index in [9.17, 15) is 0 Å². The monoisotopic (exact) mass is 160 g/mol. The van der Waals surface area contributed by atoms with Crippen molar-refractivity contribution in [1.82, 2.24) is 5.48 Å². The summed E-state index contributed by atoms with van der Waals surface area (Å²) in [5, 5.41) is 0. The van der Waals surface area contributed by atoms with Crippen molar-refractivity contribution in [3.63, 3.8) is 0 Å². The van der Waals surface area contributed by atoms with Gasteiger partial charge in [-0.2, -0.15) is 0 Å². The Morgan fingerprint density at radius 1 is 1.27 bits per heavy atom. The van der Waals surface area contributed by atoms with Crippen LogP contribution in [0.2, 0.25) is 0 Å². The van der Waals surface area contributed by atoms with Crippen molar-refractivity contribution < 1.29 is 9.57 Å². The van der Waals surface area contributed by atoms with Crippen molar-refractivity contribution in [1.29, 1.82) is 0 Å². The van der Waals surface area contributed by atoms with Crippen LogP contribution in [0, 0.1) is 0 Å². The summed E-state index contributed by atoms with van der Waals surface area (Å²) >= 11 is 0. The molecule has 0 aromatic rings. The van der Waals surface area contributed by atoms with Crippen LogP contribution < -0.4 is 5.48 Å². The van der Waals surface area contributed by atoms with E-state index in [-0.39, 0.29) is 6.29 Å². The molecule has 0 spiro atoms. The van der Waals surface area contributed by atoms with Gasteiger partial charge in [0, 0.05) is 13.2 Å². The highest BCUT2D eigenvalue weighted by Gasteiger charge is 2.05. The van der Waals surface area contributed by atoms with Crippen molar-refractivity contribution in [2.45, 2.75) is 39.9 Å². The Balaban J connectivity index is 3.25. The Morgan fingerprint density at radius 2 is 2.00 bits per heavy atom. The average molecular weight is 160 g/mol. The van der Waals surface area contributed by atoms with Crippen LogP contribution in [0.3, 0.4) is 0 Å². The van der Waals surface area contributed by atoms with Gasteiger partial charge in [-0.3, -0.25) is 4.84 Å². The third-order valence-electron chi connectivity index (χ3n) is 1.16. The molecule has 0 aromatic heterocycles. The quantitative estimate of drug-likeness (QED) is 0.419. The largest absolute Gasteiger partial charge is 0.351 e. The highest BCUT2D eigenvalue weighted by Crippen LogP contribution is 1.99. The molecule has 67 valence electrons. The van der Waals surface area contributed by atoms with Crippen molar-refractivity contribution in [2.75, 3.05) is 13.2 Å². The summed E-state index contributed by atoms with van der Waals surface area (Å²) < 4.78 is 5.33. The second-order valence-electron chi connectivity index (χ2n) is 2.26. The molecule has 0 saturated carbocycles. The normalized spacial score (nSPS) is 13.4. The summed E-state index contributed by atoms with van der Waals surface area (Å²) in [5.41, 5.74) is 3.77. The van der Waals surface area contributed by atoms with Crippen molar-refractivity contribution in [2.24, 2.45) is 0 Å². The molecule has 0 aliphatic heterocycles. The van der Waals surface area contributed by atoms with E-state index < -0.39 is 0 Å². The maximum Gasteiger partial charge on any atom is 0.178 e. The van der Waals surface area contributed by atoms with Gasteiger partial charge in [-0.15, -0.1) is 0 Å². The average Bonchev–Trinajstić information content (AvgIpc) is 2.05. The molecule has 3 nitrogen and oxygen atoms in total. The van der Waals surface area contributed by atoms with E-state index in [2.05, 4.69) is 12.4 Å². The van der Waals surface area contributed by atoms with Crippen molar-refractivity contribution >= 4 is 0 Å². The van der Waals surface area contributed by atoms with Gasteiger partial charge in [0.15, 0.2) is 6.29 Å². The Kier molecular flexibility index (Phi) is 7.89. The smallest absolute Gasteiger partial charge is 0.178 e. The first-order chi connectivity index (χ1) is 5.35. The lowest BCUT2D eigenvalue weighted by Crippen LogP contribution is -2.21. The summed E-state index contributed by atoms with van der Waals surface area (Å²) in [6.45, 7) is 7.46. The Morgan fingerprint density at radius 3 is 2.45 bits per heavy atom. The minimum atomic E-state index is -0.144. The lowest BCUT2D eigenvalue weighted by atomic mass is 10.4. The number of hydrogen-bond donors (Lipinski definition) is 0. The van der Waals surface area contributed by atoms with Gasteiger partial charge in [0.2, 0.25) is 0 Å². The first kappa shape index (κ1) is 10.9. The van der Waals surface area contributed by atoms with Gasteiger partial charge in [-0.25, -0.2) is 0 Å². The van der Waals surface area contributed by atoms with E-state index in [4.69, 9.17) is 9.57 Å². The lowest BCUT2D eigenvalue weighted by Gasteiger charge is -2.13. The molecule has 0 heterocycles. The fourth-order valence-electron chi connectivity index (χ4n) is 0.630. The Hall–Kier alpha value is -0.120. The third kappa shape index (κ3) is 6.28. The maximum absolute atomic E-state index is 5.33. The zero-order valence-corrected chi connectivity index (χ0v) is 7.67. The molecule has 0 rings (SSSR count). The van der Waals surface area contributed by atoms with Crippen molar-refractivity contribution in [3.05, 3.63) is 0 Å². The van der Waals surface area contributed by atoms with E-state index in [1.807, 2.05) is 13.8 Å². The molecule has 0 bridgehead atoms. The molecule has 0 saturated heterocycles. The van der Waals surface area contributed by atoms with E-state index in [0.717, 1.165) is 19.4 Å². The Bertz CT molecular complexity index is 70.5. The number of nitrogens with zero attached hydrogens (tertiary/aromatic N) is 1. The first-order valence-electron chi connectivity index (χ1n) is 4.29. The van der Waals surface area contributed by atoms with Crippen molar-refractivity contribution in [3.8, 4) is 0 Å². The van der Waals surface area contributed by atoms with Crippen LogP contribution in [0.25, 0.3) is 0 Å². The van der Waals surface area contributed by atoms with Crippen LogP contribution in [-0.4, -0.2) is 19.4 Å². The molecular weight excluding hydrogens is 142 g/mol. The molecule has 11 heavy (non-hydrogen) atoms. The van der Waals surface area contributed by atoms with E-state index in [1.54, 1.807) is 0 Å². The van der Waals surface area contributed by atoms with Crippen LogP contribution >= 0.6 is 0 Å². The number of rotatable bonds is 7. The van der Waals surface area contributed by atoms with E-state index >= 15 is 0 Å². The van der Waals surface area contributed by atoms with E-state index in [0.29, 0.717) is 6.54 Å². The summed E-state index contributed by atoms with van der Waals surface area (Å²) in [5.74, 6) is 0. The first-order valence-corrected chi connectivity index (χ1v) is 4.29. The molecule has 1 atom stereocenters. The van der Waals surface area contributed by atoms with Crippen LogP contribution in [0.5, 0.6) is 0 Å². The zero-order valence-electron chi connectivity index (χ0n) is 7.67. The highest BCUT2D eigenvalue weighted by molar-refractivity contribution is 4.37. The third-order valence-corrected chi connectivity index (χ3v) is 1.16. The minimum absolute atomic E-state index is 0.144. The lowest BCUT2D eigenvalue weighted by molar-refractivity contribution is -0.183. The Labute approximate surface area is 69.0 Å². The van der Waals surface area contributed by atoms with Gasteiger partial charge in [0.25, 0.3) is 0 Å². The molecule has 0 aliphatic carbocycles. The molecule has 0 aromatic carbocycles. The maximum atomic E-state index is 5.33. The molecule has 0 N–H and O–H groups in total. The molecular formula is C8H18NO2. The van der Waals surface area contributed by atoms with Gasteiger partial charge in [-0.05, 0) is 19.8 Å². The van der Waals surface area contributed by atoms with Gasteiger partial charge >= 0.3 is 0 Å². The number of ether oxygens (including phenoxy) is 1. The second kappa shape index (κ2) is 7.98. The predicted molar refractivity (Wildman–Crippen MR) is 44.1 cm³/mol. The topological polar surface area (TPSA) is 32.6 Å². The predicted octanol–water partition coefficient (Wildman–Crippen LogP) is 1.70. The summed E-state index contributed by atoms with van der Waals surface area (Å²) in [7, 11) is 0. The van der Waals surface area contributed by atoms with Gasteiger partial charge < -0.3 is 4.74 Å². The fraction of sp³-hybridized carbons (Fsp3) is 1.00. The molecule has 1 radical (unpaired) electrons. The highest BCUT2D eigenvalue weighted by atomic mass is 16.8. The number of hydrogen-bond acceptors (Lipinski definition) is 2. The SMILES string of the molecule is CCCOC(CC)O[N]CC. The second-order valence-corrected chi connectivity index (χ2v) is 2.26. The summed E-state index contributed by atoms with van der Waals surface area (Å²) in [4.78, 5) is 5.05. The van der Waals surface area contributed by atoms with Crippen LogP contribution in [0.15, 0.2) is 0 Å². The van der Waals surface area contributed by atoms with Gasteiger partial charge in [0.1, 0.15) is 0 Å². The molecule has 3 heteroatoms. The van der Waals surface area contributed by atoms with Crippen LogP contribution in [-0.2, 0) is 9.57 Å². The molecule has 0 aliphatic rings. The van der Waals surface area contributed by atoms with Gasteiger partial charge in [-0.1, -0.05) is 19.3 Å². The van der Waals surface area contributed by atoms with Gasteiger partial charge in [0.05, 0.1) is 0 Å². The minimum Gasteiger partial charge on any atom is -0.351 e. The summed E-state index contributed by atoms with van der Waals surface area (Å²) in [6, 6.07) is 0. The zero-order chi connectivity index (χ0) is 8.53. The van der Waals surface area contributed by atoms with E-state index in [1.165, 1.54) is 0 Å². The molecule has 1 unspecified atom stereocenters. The fourth-order valence-corrected chi connectivity index (χ4v) is 0.630. The summed E-state index contributed by atoms with van der Waals surface area (Å²) in [6.07, 6.45) is 1.73. The van der Waals surface area contributed by atoms with Crippen LogP contribution in [0.1, 0.15) is 33.6 Å². The molecule has 0 fully saturated rings.